The number of benzene rings is 1. The average Bonchev–Trinajstić information content (AvgIpc) is 3.38. The number of nitrogens with one attached hydrogen (secondary N) is 1. The number of amides is 1. The highest BCUT2D eigenvalue weighted by molar-refractivity contribution is 5.82. The van der Waals surface area contributed by atoms with Gasteiger partial charge in [0.2, 0.25) is 5.91 Å². The predicted molar refractivity (Wildman–Crippen MR) is 87.4 cm³/mol. The largest absolute Gasteiger partial charge is 0.486 e. The zero-order chi connectivity index (χ0) is 16.9. The minimum Gasteiger partial charge on any atom is -0.486 e. The summed E-state index contributed by atoms with van der Waals surface area (Å²) in [7, 11) is 0. The van der Waals surface area contributed by atoms with Crippen molar-refractivity contribution in [1.29, 1.82) is 0 Å². The van der Waals surface area contributed by atoms with E-state index in [2.05, 4.69) is 5.32 Å². The number of unbranched alkanes of at least 4 members (excludes halogenated alkanes) is 2. The van der Waals surface area contributed by atoms with E-state index in [0.29, 0.717) is 26.2 Å². The third kappa shape index (κ3) is 4.19. The van der Waals surface area contributed by atoms with Crippen LogP contribution in [-0.2, 0) is 9.59 Å². The third-order valence-corrected chi connectivity index (χ3v) is 4.49. The monoisotopic (exact) mass is 333 g/mol. The van der Waals surface area contributed by atoms with Crippen molar-refractivity contribution in [3.05, 3.63) is 23.8 Å². The fourth-order valence-electron chi connectivity index (χ4n) is 3.06. The minimum absolute atomic E-state index is 0.0339. The molecule has 0 aromatic heterocycles. The molecule has 1 aromatic rings. The van der Waals surface area contributed by atoms with E-state index in [0.717, 1.165) is 36.3 Å². The van der Waals surface area contributed by atoms with Gasteiger partial charge in [0.25, 0.3) is 0 Å². The molecule has 1 amide bonds. The molecule has 2 atom stereocenters. The number of hydrogen-bond donors (Lipinski definition) is 2. The first kappa shape index (κ1) is 16.6. The summed E-state index contributed by atoms with van der Waals surface area (Å²) in [4.78, 5) is 22.6. The quantitative estimate of drug-likeness (QED) is 0.713. The molecule has 2 unspecified atom stereocenters. The van der Waals surface area contributed by atoms with E-state index in [9.17, 15) is 9.59 Å². The molecule has 1 aromatic carbocycles. The third-order valence-electron chi connectivity index (χ3n) is 4.49. The first-order valence-electron chi connectivity index (χ1n) is 8.54. The van der Waals surface area contributed by atoms with Gasteiger partial charge in [-0.3, -0.25) is 9.59 Å². The first-order chi connectivity index (χ1) is 11.6. The van der Waals surface area contributed by atoms with Crippen LogP contribution in [0.2, 0.25) is 0 Å². The van der Waals surface area contributed by atoms with Crippen molar-refractivity contribution in [3.63, 3.8) is 0 Å². The highest BCUT2D eigenvalue weighted by Gasteiger charge is 2.44. The molecule has 130 valence electrons. The number of carboxylic acids is 1. The molecule has 1 aliphatic carbocycles. The Balaban J connectivity index is 1.40. The van der Waals surface area contributed by atoms with Crippen LogP contribution in [0.1, 0.15) is 43.6 Å². The van der Waals surface area contributed by atoms with Crippen molar-refractivity contribution in [2.24, 2.45) is 5.92 Å². The van der Waals surface area contributed by atoms with E-state index in [-0.39, 0.29) is 24.2 Å². The molecule has 24 heavy (non-hydrogen) atoms. The molecule has 2 aliphatic rings. The van der Waals surface area contributed by atoms with Gasteiger partial charge in [0.15, 0.2) is 11.5 Å². The van der Waals surface area contributed by atoms with Crippen LogP contribution in [0, 0.1) is 5.92 Å². The van der Waals surface area contributed by atoms with Gasteiger partial charge in [-0.05, 0) is 42.9 Å². The molecule has 0 radical (unpaired) electrons. The maximum Gasteiger partial charge on any atom is 0.303 e. The molecule has 2 N–H and O–H groups in total. The van der Waals surface area contributed by atoms with Crippen molar-refractivity contribution in [2.75, 3.05) is 19.8 Å². The highest BCUT2D eigenvalue weighted by Crippen LogP contribution is 2.49. The molecule has 0 bridgehead atoms. The Morgan fingerprint density at radius 1 is 1.12 bits per heavy atom. The van der Waals surface area contributed by atoms with Crippen LogP contribution in [0.25, 0.3) is 0 Å². The topological polar surface area (TPSA) is 84.9 Å². The zero-order valence-electron chi connectivity index (χ0n) is 13.6. The first-order valence-corrected chi connectivity index (χ1v) is 8.54. The fourth-order valence-corrected chi connectivity index (χ4v) is 3.06. The summed E-state index contributed by atoms with van der Waals surface area (Å²) in [6.07, 6.45) is 3.37. The number of carbonyl (C=O) groups is 2. The molecule has 1 aliphatic heterocycles. The molecular weight excluding hydrogens is 310 g/mol. The Bertz CT molecular complexity index is 615. The van der Waals surface area contributed by atoms with Crippen LogP contribution >= 0.6 is 0 Å². The zero-order valence-corrected chi connectivity index (χ0v) is 13.6. The maximum atomic E-state index is 12.2. The summed E-state index contributed by atoms with van der Waals surface area (Å²) in [6, 6.07) is 5.91. The van der Waals surface area contributed by atoms with Crippen molar-refractivity contribution in [3.8, 4) is 11.5 Å². The number of hydrogen-bond acceptors (Lipinski definition) is 4. The smallest absolute Gasteiger partial charge is 0.303 e. The van der Waals surface area contributed by atoms with Gasteiger partial charge in [0.1, 0.15) is 13.2 Å². The Hall–Kier alpha value is -2.24. The lowest BCUT2D eigenvalue weighted by atomic mass is 10.1. The Morgan fingerprint density at radius 2 is 1.92 bits per heavy atom. The van der Waals surface area contributed by atoms with E-state index < -0.39 is 5.97 Å². The SMILES string of the molecule is O=C(O)CCCCCNC(=O)C1CC1c1ccc2c(c1)OCCO2. The molecule has 6 heteroatoms. The number of rotatable bonds is 8. The summed E-state index contributed by atoms with van der Waals surface area (Å²) in [5, 5.41) is 11.5. The second-order valence-electron chi connectivity index (χ2n) is 6.35. The van der Waals surface area contributed by atoms with E-state index >= 15 is 0 Å². The second kappa shape index (κ2) is 7.55. The second-order valence-corrected chi connectivity index (χ2v) is 6.35. The van der Waals surface area contributed by atoms with Crippen molar-refractivity contribution >= 4 is 11.9 Å². The van der Waals surface area contributed by atoms with Crippen LogP contribution in [0.15, 0.2) is 18.2 Å². The summed E-state index contributed by atoms with van der Waals surface area (Å²) in [5.41, 5.74) is 1.13. The Labute approximate surface area is 141 Å². The van der Waals surface area contributed by atoms with Gasteiger partial charge in [-0.25, -0.2) is 0 Å². The lowest BCUT2D eigenvalue weighted by Gasteiger charge is -2.18. The molecule has 1 saturated carbocycles. The van der Waals surface area contributed by atoms with Crippen molar-refractivity contribution in [2.45, 2.75) is 38.0 Å². The lowest BCUT2D eigenvalue weighted by molar-refractivity contribution is -0.137. The van der Waals surface area contributed by atoms with Gasteiger partial charge in [0, 0.05) is 18.9 Å². The van der Waals surface area contributed by atoms with Gasteiger partial charge in [0.05, 0.1) is 0 Å². The summed E-state index contributed by atoms with van der Waals surface area (Å²) < 4.78 is 11.1. The number of aliphatic carboxylic acids is 1. The van der Waals surface area contributed by atoms with Crippen LogP contribution in [-0.4, -0.2) is 36.7 Å². The van der Waals surface area contributed by atoms with Gasteiger partial charge in [-0.1, -0.05) is 12.5 Å². The van der Waals surface area contributed by atoms with Gasteiger partial charge in [-0.15, -0.1) is 0 Å². The lowest BCUT2D eigenvalue weighted by Crippen LogP contribution is -2.26. The molecule has 0 spiro atoms. The van der Waals surface area contributed by atoms with E-state index in [1.54, 1.807) is 0 Å². The molecule has 1 heterocycles. The molecule has 6 nitrogen and oxygen atoms in total. The number of carboxylic acid groups (broad SMARTS) is 1. The van der Waals surface area contributed by atoms with E-state index in [1.807, 2.05) is 18.2 Å². The molecule has 1 fully saturated rings. The van der Waals surface area contributed by atoms with Gasteiger partial charge < -0.3 is 19.9 Å². The van der Waals surface area contributed by atoms with Crippen molar-refractivity contribution in [1.82, 2.24) is 5.32 Å². The molecular formula is C18H23NO5. The average molecular weight is 333 g/mol. The van der Waals surface area contributed by atoms with Crippen LogP contribution < -0.4 is 14.8 Å². The molecule has 3 rings (SSSR count). The number of ether oxygens (including phenoxy) is 2. The molecule has 0 saturated heterocycles. The van der Waals surface area contributed by atoms with E-state index in [4.69, 9.17) is 14.6 Å². The fraction of sp³-hybridized carbons (Fsp3) is 0.556. The summed E-state index contributed by atoms with van der Waals surface area (Å²) in [6.45, 7) is 1.75. The standard InChI is InChI=1S/C18H23NO5/c20-17(21)4-2-1-3-7-19-18(22)14-11-13(14)12-5-6-15-16(10-12)24-9-8-23-15/h5-6,10,13-14H,1-4,7-9,11H2,(H,19,22)(H,20,21). The number of fused-ring (bicyclic) bond motifs is 1. The van der Waals surface area contributed by atoms with E-state index in [1.165, 1.54) is 0 Å². The van der Waals surface area contributed by atoms with Crippen LogP contribution in [0.4, 0.5) is 0 Å². The van der Waals surface area contributed by atoms with Crippen LogP contribution in [0.3, 0.4) is 0 Å². The number of carbonyl (C=O) groups excluding carboxylic acids is 1. The summed E-state index contributed by atoms with van der Waals surface area (Å²) in [5.74, 6) is 1.16. The van der Waals surface area contributed by atoms with Gasteiger partial charge >= 0.3 is 5.97 Å². The Kier molecular flexibility index (Phi) is 5.23. The highest BCUT2D eigenvalue weighted by atomic mass is 16.6. The van der Waals surface area contributed by atoms with Crippen molar-refractivity contribution < 1.29 is 24.2 Å². The minimum atomic E-state index is -0.765. The Morgan fingerprint density at radius 3 is 2.71 bits per heavy atom. The summed E-state index contributed by atoms with van der Waals surface area (Å²) >= 11 is 0. The predicted octanol–water partition coefficient (Wildman–Crippen LogP) is 2.32. The van der Waals surface area contributed by atoms with Crippen LogP contribution in [0.5, 0.6) is 11.5 Å². The maximum absolute atomic E-state index is 12.2. The normalized spacial score (nSPS) is 21.2. The van der Waals surface area contributed by atoms with Gasteiger partial charge in [-0.2, -0.15) is 0 Å².